The summed E-state index contributed by atoms with van der Waals surface area (Å²) in [6.45, 7) is 2.50. The van der Waals surface area contributed by atoms with Gasteiger partial charge in [0.25, 0.3) is 5.91 Å². The number of nitrogens with zero attached hydrogens (tertiary/aromatic N) is 1. The van der Waals surface area contributed by atoms with Crippen molar-refractivity contribution in [2.45, 2.75) is 190 Å². The minimum Gasteiger partial charge on any atom is -0.337 e. The molecule has 0 aromatic carbocycles. The van der Waals surface area contributed by atoms with Gasteiger partial charge in [-0.3, -0.25) is 4.79 Å². The number of halogens is 16. The van der Waals surface area contributed by atoms with Crippen molar-refractivity contribution in [1.29, 1.82) is 0 Å². The van der Waals surface area contributed by atoms with Crippen LogP contribution in [0.4, 0.5) is 70.2 Å². The SMILES string of the molecule is CCCCCCCCCCCCN(CCCCCCCCCCCC)C(=O)C(F)(F)C(F)(F)C(F)(F)C(F)(F)C(F)(F)C(F)(F)C(F)(F)C(F)F. The van der Waals surface area contributed by atoms with Crippen molar-refractivity contribution in [2.24, 2.45) is 0 Å². The van der Waals surface area contributed by atoms with E-state index in [4.69, 9.17) is 0 Å². The van der Waals surface area contributed by atoms with Crippen molar-refractivity contribution in [2.75, 3.05) is 13.1 Å². The second-order valence-corrected chi connectivity index (χ2v) is 13.0. The van der Waals surface area contributed by atoms with E-state index in [9.17, 15) is 75.0 Å². The van der Waals surface area contributed by atoms with Crippen molar-refractivity contribution in [3.63, 3.8) is 0 Å². The number of hydrogen-bond acceptors (Lipinski definition) is 1. The molecule has 0 fully saturated rings. The van der Waals surface area contributed by atoms with E-state index in [1.165, 1.54) is 0 Å². The maximum Gasteiger partial charge on any atom is 0.392 e. The summed E-state index contributed by atoms with van der Waals surface area (Å²) >= 11 is 0. The average molecular weight is 782 g/mol. The summed E-state index contributed by atoms with van der Waals surface area (Å²) in [6.07, 6.45) is 8.10. The summed E-state index contributed by atoms with van der Waals surface area (Å²) in [5.74, 6) is -59.1. The van der Waals surface area contributed by atoms with Gasteiger partial charge in [-0.1, -0.05) is 129 Å². The molecule has 0 heterocycles. The molecule has 0 aliphatic heterocycles. The molecular weight excluding hydrogens is 730 g/mol. The highest BCUT2D eigenvalue weighted by Gasteiger charge is 2.94. The van der Waals surface area contributed by atoms with Gasteiger partial charge in [0.2, 0.25) is 0 Å². The van der Waals surface area contributed by atoms with Gasteiger partial charge in [-0.15, -0.1) is 0 Å². The summed E-state index contributed by atoms with van der Waals surface area (Å²) in [7, 11) is 0. The molecule has 0 spiro atoms. The largest absolute Gasteiger partial charge is 0.392 e. The van der Waals surface area contributed by atoms with E-state index in [0.29, 0.717) is 25.7 Å². The number of alkyl halides is 16. The summed E-state index contributed by atoms with van der Waals surface area (Å²) in [6, 6.07) is 0. The third-order valence-corrected chi connectivity index (χ3v) is 8.78. The van der Waals surface area contributed by atoms with Crippen LogP contribution < -0.4 is 0 Å². The lowest BCUT2D eigenvalue weighted by molar-refractivity contribution is -0.444. The Balaban J connectivity index is 5.96. The van der Waals surface area contributed by atoms with Crippen LogP contribution in [0.25, 0.3) is 0 Å². The van der Waals surface area contributed by atoms with Gasteiger partial charge in [0.1, 0.15) is 0 Å². The summed E-state index contributed by atoms with van der Waals surface area (Å²) < 4.78 is 222. The van der Waals surface area contributed by atoms with Crippen LogP contribution in [0.5, 0.6) is 0 Å². The molecule has 2 nitrogen and oxygen atoms in total. The predicted molar refractivity (Wildman–Crippen MR) is 161 cm³/mol. The Labute approximate surface area is 289 Å². The Morgan fingerprint density at radius 1 is 0.412 bits per heavy atom. The first kappa shape index (κ1) is 49.4. The van der Waals surface area contributed by atoms with Gasteiger partial charge in [-0.05, 0) is 12.8 Å². The van der Waals surface area contributed by atoms with Crippen LogP contribution >= 0.6 is 0 Å². The smallest absolute Gasteiger partial charge is 0.337 e. The molecule has 0 aliphatic rings. The van der Waals surface area contributed by atoms with Crippen molar-refractivity contribution in [3.05, 3.63) is 0 Å². The predicted octanol–water partition coefficient (Wildman–Crippen LogP) is 13.4. The molecule has 0 aliphatic carbocycles. The van der Waals surface area contributed by atoms with Crippen molar-refractivity contribution in [1.82, 2.24) is 4.90 Å². The Hall–Kier alpha value is -1.65. The fourth-order valence-corrected chi connectivity index (χ4v) is 5.36. The van der Waals surface area contributed by atoms with E-state index in [1.54, 1.807) is 0 Å². The molecule has 18 heteroatoms. The minimum absolute atomic E-state index is 0.0463. The zero-order valence-corrected chi connectivity index (χ0v) is 29.0. The van der Waals surface area contributed by atoms with Gasteiger partial charge in [-0.25, -0.2) is 8.78 Å². The molecule has 0 aromatic rings. The highest BCUT2D eigenvalue weighted by molar-refractivity contribution is 5.85. The first-order valence-corrected chi connectivity index (χ1v) is 17.6. The van der Waals surface area contributed by atoms with Crippen LogP contribution in [0.1, 0.15) is 142 Å². The maximum atomic E-state index is 14.9. The van der Waals surface area contributed by atoms with Crippen LogP contribution in [-0.2, 0) is 4.79 Å². The molecule has 0 aromatic heterocycles. The topological polar surface area (TPSA) is 20.3 Å². The molecule has 306 valence electrons. The lowest BCUT2D eigenvalue weighted by atomic mass is 9.89. The van der Waals surface area contributed by atoms with Crippen LogP contribution in [0.15, 0.2) is 0 Å². The zero-order valence-electron chi connectivity index (χ0n) is 29.0. The van der Waals surface area contributed by atoms with Crippen LogP contribution in [0, 0.1) is 0 Å². The summed E-state index contributed by atoms with van der Waals surface area (Å²) in [4.78, 5) is 12.6. The molecule has 51 heavy (non-hydrogen) atoms. The summed E-state index contributed by atoms with van der Waals surface area (Å²) in [5.41, 5.74) is 0. The molecule has 0 saturated heterocycles. The standard InChI is InChI=1S/C33H51F16NO/c1-3-5-7-9-11-13-15-17-19-21-23-50(24-22-20-18-16-14-12-10-8-6-4-2)26(51)28(38,39)30(42,43)32(46,47)33(48,49)31(44,45)29(40,41)27(36,37)25(34)35/h25H,3-24H2,1-2H3. The third-order valence-electron chi connectivity index (χ3n) is 8.78. The number of hydrogen-bond donors (Lipinski definition) is 0. The van der Waals surface area contributed by atoms with Crippen LogP contribution in [0.2, 0.25) is 0 Å². The minimum atomic E-state index is -8.52. The fourth-order valence-electron chi connectivity index (χ4n) is 5.36. The van der Waals surface area contributed by atoms with Crippen LogP contribution in [0.3, 0.4) is 0 Å². The first-order chi connectivity index (χ1) is 23.4. The maximum absolute atomic E-state index is 14.9. The zero-order chi connectivity index (χ0) is 39.8. The molecule has 1 amide bonds. The Morgan fingerprint density at radius 2 is 0.667 bits per heavy atom. The molecule has 0 rings (SSSR count). The van der Waals surface area contributed by atoms with E-state index >= 15 is 0 Å². The first-order valence-electron chi connectivity index (χ1n) is 17.6. The lowest BCUT2D eigenvalue weighted by Crippen LogP contribution is -2.74. The molecule has 0 atom stereocenters. The number of carbonyl (C=O) groups excluding carboxylic acids is 1. The summed E-state index contributed by atoms with van der Waals surface area (Å²) in [5, 5.41) is 0. The van der Waals surface area contributed by atoms with Gasteiger partial charge in [0.15, 0.2) is 0 Å². The molecular formula is C33H51F16NO. The molecule has 0 N–H and O–H groups in total. The van der Waals surface area contributed by atoms with Gasteiger partial charge < -0.3 is 4.90 Å². The Kier molecular flexibility index (Phi) is 20.6. The van der Waals surface area contributed by atoms with Gasteiger partial charge in [0.05, 0.1) is 0 Å². The quantitative estimate of drug-likeness (QED) is 0.0525. The normalized spacial score (nSPS) is 14.1. The van der Waals surface area contributed by atoms with Crippen molar-refractivity contribution < 1.29 is 75.0 Å². The fraction of sp³-hybridized carbons (Fsp3) is 0.970. The van der Waals surface area contributed by atoms with Crippen molar-refractivity contribution >= 4 is 5.91 Å². The van der Waals surface area contributed by atoms with E-state index in [-0.39, 0.29) is 30.6 Å². The molecule has 0 saturated carbocycles. The highest BCUT2D eigenvalue weighted by atomic mass is 19.4. The molecule has 0 radical (unpaired) electrons. The van der Waals surface area contributed by atoms with Gasteiger partial charge >= 0.3 is 47.9 Å². The van der Waals surface area contributed by atoms with E-state index in [1.807, 2.05) is 13.8 Å². The second kappa shape index (κ2) is 21.3. The molecule has 0 unspecified atom stereocenters. The number of carbonyl (C=O) groups is 1. The van der Waals surface area contributed by atoms with Crippen molar-refractivity contribution in [3.8, 4) is 0 Å². The number of amides is 1. The second-order valence-electron chi connectivity index (χ2n) is 13.0. The lowest BCUT2D eigenvalue weighted by Gasteiger charge is -2.42. The van der Waals surface area contributed by atoms with E-state index < -0.39 is 66.9 Å². The molecule has 0 bridgehead atoms. The van der Waals surface area contributed by atoms with Gasteiger partial charge in [-0.2, -0.15) is 61.5 Å². The average Bonchev–Trinajstić information content (AvgIpc) is 3.04. The highest BCUT2D eigenvalue weighted by Crippen LogP contribution is 2.63. The van der Waals surface area contributed by atoms with Gasteiger partial charge in [0, 0.05) is 13.1 Å². The Bertz CT molecular complexity index is 951. The number of rotatable bonds is 30. The van der Waals surface area contributed by atoms with E-state index in [2.05, 4.69) is 0 Å². The Morgan fingerprint density at radius 3 is 0.961 bits per heavy atom. The third kappa shape index (κ3) is 12.2. The van der Waals surface area contributed by atoms with Crippen LogP contribution in [-0.4, -0.2) is 71.8 Å². The monoisotopic (exact) mass is 781 g/mol. The van der Waals surface area contributed by atoms with E-state index in [0.717, 1.165) is 77.0 Å². The number of unbranched alkanes of at least 4 members (excludes halogenated alkanes) is 18.